The Morgan fingerprint density at radius 1 is 1.65 bits per heavy atom. The van der Waals surface area contributed by atoms with Crippen LogP contribution in [0.3, 0.4) is 0 Å². The van der Waals surface area contributed by atoms with E-state index in [0.717, 1.165) is 6.20 Å². The first-order valence-corrected chi connectivity index (χ1v) is 4.89. The van der Waals surface area contributed by atoms with Crippen LogP contribution >= 0.6 is 0 Å². The maximum absolute atomic E-state index is 12.7. The zero-order chi connectivity index (χ0) is 13.0. The highest BCUT2D eigenvalue weighted by molar-refractivity contribution is 5.93. The first-order chi connectivity index (χ1) is 8.02. The number of alkyl halides is 2. The second kappa shape index (κ2) is 5.53. The molecule has 0 aliphatic heterocycles. The second-order valence-corrected chi connectivity index (χ2v) is 3.11. The van der Waals surface area contributed by atoms with E-state index in [-0.39, 0.29) is 18.7 Å². The van der Waals surface area contributed by atoms with Crippen molar-refractivity contribution in [3.05, 3.63) is 23.0 Å². The number of esters is 1. The Morgan fingerprint density at radius 3 is 2.76 bits per heavy atom. The summed E-state index contributed by atoms with van der Waals surface area (Å²) in [6.07, 6.45) is -2.10. The number of carbonyl (C=O) groups excluding carboxylic acids is 1. The van der Waals surface area contributed by atoms with Gasteiger partial charge >= 0.3 is 5.97 Å². The fraction of sp³-hybridized carbons (Fsp3) is 0.400. The third-order valence-electron chi connectivity index (χ3n) is 2.08. The average molecular weight is 246 g/mol. The highest BCUT2D eigenvalue weighted by Crippen LogP contribution is 2.29. The summed E-state index contributed by atoms with van der Waals surface area (Å²) in [5, 5.41) is 9.42. The molecule has 7 heteroatoms. The van der Waals surface area contributed by atoms with E-state index < -0.39 is 29.4 Å². The molecule has 0 radical (unpaired) electrons. The molecular formula is C10H12F2N2O3. The Balaban J connectivity index is 3.38. The van der Waals surface area contributed by atoms with E-state index in [1.165, 1.54) is 6.92 Å². The van der Waals surface area contributed by atoms with Gasteiger partial charge in [0.1, 0.15) is 11.4 Å². The molecule has 17 heavy (non-hydrogen) atoms. The van der Waals surface area contributed by atoms with Crippen molar-refractivity contribution >= 4 is 5.97 Å². The molecule has 5 nitrogen and oxygen atoms in total. The third-order valence-corrected chi connectivity index (χ3v) is 2.08. The Bertz CT molecular complexity index is 424. The van der Waals surface area contributed by atoms with Gasteiger partial charge in [0.15, 0.2) is 0 Å². The Labute approximate surface area is 96.2 Å². The van der Waals surface area contributed by atoms with Crippen LogP contribution in [0, 0.1) is 0 Å². The maximum atomic E-state index is 12.7. The van der Waals surface area contributed by atoms with Crippen molar-refractivity contribution in [3.8, 4) is 5.75 Å². The van der Waals surface area contributed by atoms with E-state index in [9.17, 15) is 18.7 Å². The van der Waals surface area contributed by atoms with Gasteiger partial charge in [0.25, 0.3) is 6.43 Å². The molecule has 0 fully saturated rings. The largest absolute Gasteiger partial charge is 0.506 e. The van der Waals surface area contributed by atoms with E-state index in [4.69, 9.17) is 5.73 Å². The lowest BCUT2D eigenvalue weighted by Gasteiger charge is -2.12. The average Bonchev–Trinajstić information content (AvgIpc) is 2.28. The zero-order valence-electron chi connectivity index (χ0n) is 9.11. The van der Waals surface area contributed by atoms with Gasteiger partial charge in [0.05, 0.1) is 18.4 Å². The summed E-state index contributed by atoms with van der Waals surface area (Å²) >= 11 is 0. The Hall–Kier alpha value is -1.76. The van der Waals surface area contributed by atoms with Gasteiger partial charge in [-0.3, -0.25) is 4.98 Å². The number of rotatable bonds is 4. The summed E-state index contributed by atoms with van der Waals surface area (Å²) in [5.41, 5.74) is 4.04. The zero-order valence-corrected chi connectivity index (χ0v) is 9.11. The summed E-state index contributed by atoms with van der Waals surface area (Å²) in [4.78, 5) is 14.9. The molecule has 0 spiro atoms. The molecule has 0 aliphatic carbocycles. The number of aromatic hydroxyl groups is 1. The molecule has 0 unspecified atom stereocenters. The van der Waals surface area contributed by atoms with E-state index in [1.807, 2.05) is 0 Å². The molecular weight excluding hydrogens is 234 g/mol. The van der Waals surface area contributed by atoms with Gasteiger partial charge in [-0.25, -0.2) is 13.6 Å². The lowest BCUT2D eigenvalue weighted by Crippen LogP contribution is -2.15. The molecule has 1 rings (SSSR count). The van der Waals surface area contributed by atoms with Gasteiger partial charge in [0, 0.05) is 12.1 Å². The normalized spacial score (nSPS) is 10.6. The number of pyridine rings is 1. The van der Waals surface area contributed by atoms with Crippen molar-refractivity contribution in [1.82, 2.24) is 4.98 Å². The summed E-state index contributed by atoms with van der Waals surface area (Å²) in [6.45, 7) is 1.31. The molecule has 0 amide bonds. The third kappa shape index (κ3) is 2.68. The fourth-order valence-electron chi connectivity index (χ4n) is 1.36. The number of ether oxygens (including phenoxy) is 1. The molecule has 0 atom stereocenters. The molecule has 0 bridgehead atoms. The molecule has 1 aromatic heterocycles. The number of aromatic nitrogens is 1. The van der Waals surface area contributed by atoms with E-state index in [2.05, 4.69) is 9.72 Å². The van der Waals surface area contributed by atoms with Gasteiger partial charge in [0.2, 0.25) is 0 Å². The quantitative estimate of drug-likeness (QED) is 0.783. The molecule has 0 aromatic carbocycles. The summed E-state index contributed by atoms with van der Waals surface area (Å²) < 4.78 is 30.0. The number of hydrogen-bond donors (Lipinski definition) is 2. The monoisotopic (exact) mass is 246 g/mol. The molecule has 0 saturated carbocycles. The standard InChI is InChI=1S/C10H12F2N2O3/c1-2-17-10(16)7-5(3-13)6(15)4-14-8(7)9(11)12/h4,9,15H,2-3,13H2,1H3. The highest BCUT2D eigenvalue weighted by Gasteiger charge is 2.26. The topological polar surface area (TPSA) is 85.4 Å². The van der Waals surface area contributed by atoms with Crippen LogP contribution in [0.25, 0.3) is 0 Å². The summed E-state index contributed by atoms with van der Waals surface area (Å²) in [7, 11) is 0. The number of hydrogen-bond acceptors (Lipinski definition) is 5. The lowest BCUT2D eigenvalue weighted by molar-refractivity contribution is 0.0511. The second-order valence-electron chi connectivity index (χ2n) is 3.11. The van der Waals surface area contributed by atoms with Gasteiger partial charge in [-0.2, -0.15) is 0 Å². The van der Waals surface area contributed by atoms with Crippen LogP contribution in [-0.4, -0.2) is 22.7 Å². The lowest BCUT2D eigenvalue weighted by atomic mass is 10.1. The van der Waals surface area contributed by atoms with Gasteiger partial charge in [-0.05, 0) is 6.92 Å². The van der Waals surface area contributed by atoms with Crippen molar-refractivity contribution in [2.24, 2.45) is 5.73 Å². The number of carbonyl (C=O) groups is 1. The minimum Gasteiger partial charge on any atom is -0.506 e. The Morgan fingerprint density at radius 2 is 2.29 bits per heavy atom. The Kier molecular flexibility index (Phi) is 4.33. The molecule has 1 aromatic rings. The fourth-order valence-corrected chi connectivity index (χ4v) is 1.36. The smallest absolute Gasteiger partial charge is 0.340 e. The molecule has 1 heterocycles. The summed E-state index contributed by atoms with van der Waals surface area (Å²) in [6, 6.07) is 0. The SMILES string of the molecule is CCOC(=O)c1c(C(F)F)ncc(O)c1CN. The van der Waals surface area contributed by atoms with Crippen LogP contribution in [0.4, 0.5) is 8.78 Å². The van der Waals surface area contributed by atoms with E-state index >= 15 is 0 Å². The molecule has 0 saturated heterocycles. The van der Waals surface area contributed by atoms with E-state index in [1.54, 1.807) is 0 Å². The molecule has 94 valence electrons. The minimum absolute atomic E-state index is 0.0289. The summed E-state index contributed by atoms with van der Waals surface area (Å²) in [5.74, 6) is -1.37. The number of halogens is 2. The van der Waals surface area contributed by atoms with Crippen LogP contribution in [0.15, 0.2) is 6.20 Å². The highest BCUT2D eigenvalue weighted by atomic mass is 19.3. The maximum Gasteiger partial charge on any atom is 0.340 e. The van der Waals surface area contributed by atoms with Gasteiger partial charge in [-0.15, -0.1) is 0 Å². The predicted octanol–water partition coefficient (Wildman–Crippen LogP) is 1.36. The minimum atomic E-state index is -2.94. The number of nitrogens with two attached hydrogens (primary N) is 1. The van der Waals surface area contributed by atoms with Gasteiger partial charge in [-0.1, -0.05) is 0 Å². The van der Waals surface area contributed by atoms with Crippen LogP contribution in [-0.2, 0) is 11.3 Å². The van der Waals surface area contributed by atoms with Crippen molar-refractivity contribution < 1.29 is 23.4 Å². The van der Waals surface area contributed by atoms with Crippen LogP contribution in [0.2, 0.25) is 0 Å². The van der Waals surface area contributed by atoms with Crippen molar-refractivity contribution in [3.63, 3.8) is 0 Å². The van der Waals surface area contributed by atoms with Gasteiger partial charge < -0.3 is 15.6 Å². The number of nitrogens with zero attached hydrogens (tertiary/aromatic N) is 1. The first-order valence-electron chi connectivity index (χ1n) is 4.89. The first kappa shape index (κ1) is 13.3. The molecule has 0 aliphatic rings. The van der Waals surface area contributed by atoms with Crippen molar-refractivity contribution in [2.45, 2.75) is 19.9 Å². The van der Waals surface area contributed by atoms with E-state index in [0.29, 0.717) is 0 Å². The van der Waals surface area contributed by atoms with Crippen molar-refractivity contribution in [2.75, 3.05) is 6.61 Å². The predicted molar refractivity (Wildman–Crippen MR) is 54.7 cm³/mol. The van der Waals surface area contributed by atoms with Crippen LogP contribution in [0.1, 0.15) is 35.0 Å². The molecule has 3 N–H and O–H groups in total. The van der Waals surface area contributed by atoms with Crippen LogP contribution < -0.4 is 5.73 Å². The van der Waals surface area contributed by atoms with Crippen LogP contribution in [0.5, 0.6) is 5.75 Å². The van der Waals surface area contributed by atoms with Crippen molar-refractivity contribution in [1.29, 1.82) is 0 Å².